The first-order valence-corrected chi connectivity index (χ1v) is 5.83. The SMILES string of the molecule is C=CCN(CC=C)C(=O)Nc1ccc(C(F)(F)F)cc1. The molecule has 0 saturated heterocycles. The number of nitrogens with zero attached hydrogens (tertiary/aromatic N) is 1. The third-order valence-electron chi connectivity index (χ3n) is 2.45. The molecule has 0 aromatic heterocycles. The molecule has 0 aliphatic heterocycles. The number of hydrogen-bond donors (Lipinski definition) is 1. The van der Waals surface area contributed by atoms with Crippen LogP contribution in [0.4, 0.5) is 23.7 Å². The summed E-state index contributed by atoms with van der Waals surface area (Å²) in [5.41, 5.74) is -0.467. The second kappa shape index (κ2) is 6.79. The number of carbonyl (C=O) groups is 1. The summed E-state index contributed by atoms with van der Waals surface area (Å²) in [4.78, 5) is 13.3. The standard InChI is InChI=1S/C14H15F3N2O/c1-3-9-19(10-4-2)13(20)18-12-7-5-11(6-8-12)14(15,16)17/h3-8H,1-2,9-10H2,(H,18,20). The summed E-state index contributed by atoms with van der Waals surface area (Å²) in [5.74, 6) is 0. The second-order valence-corrected chi connectivity index (χ2v) is 3.99. The highest BCUT2D eigenvalue weighted by molar-refractivity contribution is 5.89. The lowest BCUT2D eigenvalue weighted by atomic mass is 10.2. The Morgan fingerprint density at radius 1 is 1.15 bits per heavy atom. The summed E-state index contributed by atoms with van der Waals surface area (Å²) in [6, 6.07) is 3.83. The lowest BCUT2D eigenvalue weighted by Gasteiger charge is -2.20. The Balaban J connectivity index is 2.74. The van der Waals surface area contributed by atoms with Crippen molar-refractivity contribution in [3.63, 3.8) is 0 Å². The zero-order chi connectivity index (χ0) is 15.2. The first-order valence-electron chi connectivity index (χ1n) is 5.83. The van der Waals surface area contributed by atoms with Crippen LogP contribution in [0, 0.1) is 0 Å². The fraction of sp³-hybridized carbons (Fsp3) is 0.214. The zero-order valence-corrected chi connectivity index (χ0v) is 10.8. The zero-order valence-electron chi connectivity index (χ0n) is 10.8. The number of alkyl halides is 3. The van der Waals surface area contributed by atoms with Crippen molar-refractivity contribution in [3.8, 4) is 0 Å². The van der Waals surface area contributed by atoms with Crippen LogP contribution in [-0.2, 0) is 6.18 Å². The maximum Gasteiger partial charge on any atom is 0.416 e. The molecular formula is C14H15F3N2O. The molecule has 108 valence electrons. The van der Waals surface area contributed by atoms with Crippen LogP contribution < -0.4 is 5.32 Å². The van der Waals surface area contributed by atoms with Crippen molar-refractivity contribution in [2.24, 2.45) is 0 Å². The van der Waals surface area contributed by atoms with Crippen molar-refractivity contribution < 1.29 is 18.0 Å². The van der Waals surface area contributed by atoms with Gasteiger partial charge in [0.05, 0.1) is 5.56 Å². The molecule has 20 heavy (non-hydrogen) atoms. The predicted octanol–water partition coefficient (Wildman–Crippen LogP) is 3.91. The molecule has 0 aliphatic carbocycles. The van der Waals surface area contributed by atoms with Gasteiger partial charge in [0.1, 0.15) is 0 Å². The van der Waals surface area contributed by atoms with E-state index in [2.05, 4.69) is 18.5 Å². The molecule has 3 nitrogen and oxygen atoms in total. The van der Waals surface area contributed by atoms with E-state index < -0.39 is 17.8 Å². The van der Waals surface area contributed by atoms with E-state index in [0.29, 0.717) is 18.8 Å². The Morgan fingerprint density at radius 3 is 2.05 bits per heavy atom. The van der Waals surface area contributed by atoms with Gasteiger partial charge in [-0.25, -0.2) is 4.79 Å². The lowest BCUT2D eigenvalue weighted by molar-refractivity contribution is -0.137. The molecule has 1 rings (SSSR count). The highest BCUT2D eigenvalue weighted by Gasteiger charge is 2.30. The first-order chi connectivity index (χ1) is 9.38. The van der Waals surface area contributed by atoms with Crippen molar-refractivity contribution in [2.45, 2.75) is 6.18 Å². The molecule has 0 spiro atoms. The number of nitrogens with one attached hydrogen (secondary N) is 1. The number of amides is 2. The van der Waals surface area contributed by atoms with Gasteiger partial charge < -0.3 is 10.2 Å². The van der Waals surface area contributed by atoms with Gasteiger partial charge in [0, 0.05) is 18.8 Å². The Bertz CT molecular complexity index is 470. The molecule has 1 N–H and O–H groups in total. The maximum atomic E-state index is 12.4. The molecule has 0 aliphatic rings. The fourth-order valence-electron chi connectivity index (χ4n) is 1.50. The van der Waals surface area contributed by atoms with E-state index in [0.717, 1.165) is 12.1 Å². The highest BCUT2D eigenvalue weighted by atomic mass is 19.4. The highest BCUT2D eigenvalue weighted by Crippen LogP contribution is 2.29. The first kappa shape index (κ1) is 15.8. The van der Waals surface area contributed by atoms with Gasteiger partial charge >= 0.3 is 12.2 Å². The van der Waals surface area contributed by atoms with Gasteiger partial charge in [-0.3, -0.25) is 0 Å². The summed E-state index contributed by atoms with van der Waals surface area (Å²) < 4.78 is 37.2. The van der Waals surface area contributed by atoms with Crippen molar-refractivity contribution in [3.05, 3.63) is 55.1 Å². The fourth-order valence-corrected chi connectivity index (χ4v) is 1.50. The van der Waals surface area contributed by atoms with Gasteiger partial charge in [0.25, 0.3) is 0 Å². The van der Waals surface area contributed by atoms with E-state index in [9.17, 15) is 18.0 Å². The van der Waals surface area contributed by atoms with Gasteiger partial charge in [-0.1, -0.05) is 12.2 Å². The summed E-state index contributed by atoms with van der Waals surface area (Å²) in [6.45, 7) is 7.70. The summed E-state index contributed by atoms with van der Waals surface area (Å²) >= 11 is 0. The molecule has 0 unspecified atom stereocenters. The van der Waals surface area contributed by atoms with Crippen LogP contribution in [0.3, 0.4) is 0 Å². The maximum absolute atomic E-state index is 12.4. The topological polar surface area (TPSA) is 32.3 Å². The van der Waals surface area contributed by atoms with E-state index in [1.54, 1.807) is 12.2 Å². The number of carbonyl (C=O) groups excluding carboxylic acids is 1. The lowest BCUT2D eigenvalue weighted by Crippen LogP contribution is -2.35. The average Bonchev–Trinajstić information content (AvgIpc) is 2.38. The van der Waals surface area contributed by atoms with Gasteiger partial charge in [0.2, 0.25) is 0 Å². The normalized spacial score (nSPS) is 10.8. The second-order valence-electron chi connectivity index (χ2n) is 3.99. The molecule has 2 amide bonds. The van der Waals surface area contributed by atoms with Crippen LogP contribution in [0.2, 0.25) is 0 Å². The molecule has 0 radical (unpaired) electrons. The number of urea groups is 1. The van der Waals surface area contributed by atoms with Crippen LogP contribution >= 0.6 is 0 Å². The number of benzene rings is 1. The summed E-state index contributed by atoms with van der Waals surface area (Å²) in [5, 5.41) is 2.51. The van der Waals surface area contributed by atoms with Crippen LogP contribution in [0.5, 0.6) is 0 Å². The Morgan fingerprint density at radius 2 is 1.65 bits per heavy atom. The quantitative estimate of drug-likeness (QED) is 0.817. The third kappa shape index (κ3) is 4.46. The minimum Gasteiger partial charge on any atom is -0.317 e. The molecule has 0 bridgehead atoms. The van der Waals surface area contributed by atoms with Gasteiger partial charge in [-0.15, -0.1) is 13.2 Å². The van der Waals surface area contributed by atoms with E-state index in [4.69, 9.17) is 0 Å². The minimum atomic E-state index is -4.39. The van der Waals surface area contributed by atoms with E-state index in [1.807, 2.05) is 0 Å². The predicted molar refractivity (Wildman–Crippen MR) is 72.4 cm³/mol. The largest absolute Gasteiger partial charge is 0.416 e. The Kier molecular flexibility index (Phi) is 5.37. The molecule has 1 aromatic rings. The van der Waals surface area contributed by atoms with Crippen LogP contribution in [0.1, 0.15) is 5.56 Å². The van der Waals surface area contributed by atoms with E-state index in [1.165, 1.54) is 17.0 Å². The number of hydrogen-bond acceptors (Lipinski definition) is 1. The average molecular weight is 284 g/mol. The van der Waals surface area contributed by atoms with E-state index in [-0.39, 0.29) is 0 Å². The molecule has 0 fully saturated rings. The van der Waals surface area contributed by atoms with Crippen molar-refractivity contribution in [2.75, 3.05) is 18.4 Å². The molecular weight excluding hydrogens is 269 g/mol. The Labute approximate surface area is 115 Å². The number of anilines is 1. The smallest absolute Gasteiger partial charge is 0.317 e. The summed E-state index contributed by atoms with van der Waals surface area (Å²) in [6.07, 6.45) is -1.29. The van der Waals surface area contributed by atoms with Gasteiger partial charge in [0.15, 0.2) is 0 Å². The molecule has 1 aromatic carbocycles. The monoisotopic (exact) mass is 284 g/mol. The third-order valence-corrected chi connectivity index (χ3v) is 2.45. The van der Waals surface area contributed by atoms with Crippen LogP contribution in [0.25, 0.3) is 0 Å². The van der Waals surface area contributed by atoms with Gasteiger partial charge in [-0.05, 0) is 24.3 Å². The van der Waals surface area contributed by atoms with Crippen LogP contribution in [0.15, 0.2) is 49.6 Å². The number of halogens is 3. The van der Waals surface area contributed by atoms with Crippen molar-refractivity contribution in [1.29, 1.82) is 0 Å². The molecule has 6 heteroatoms. The minimum absolute atomic E-state index is 0.293. The molecule has 0 atom stereocenters. The van der Waals surface area contributed by atoms with E-state index >= 15 is 0 Å². The Hall–Kier alpha value is -2.24. The van der Waals surface area contributed by atoms with Crippen molar-refractivity contribution >= 4 is 11.7 Å². The number of rotatable bonds is 5. The van der Waals surface area contributed by atoms with Gasteiger partial charge in [-0.2, -0.15) is 13.2 Å². The van der Waals surface area contributed by atoms with Crippen LogP contribution in [-0.4, -0.2) is 24.0 Å². The molecule has 0 saturated carbocycles. The van der Waals surface area contributed by atoms with Crippen molar-refractivity contribution in [1.82, 2.24) is 4.90 Å². The molecule has 0 heterocycles. The summed E-state index contributed by atoms with van der Waals surface area (Å²) in [7, 11) is 0.